The quantitative estimate of drug-likeness (QED) is 0.337. The van der Waals surface area contributed by atoms with Crippen molar-refractivity contribution in [3.05, 3.63) is 23.8 Å². The van der Waals surface area contributed by atoms with Gasteiger partial charge in [-0.1, -0.05) is 33.3 Å². The smallest absolute Gasteiger partial charge is 0.504 e. The van der Waals surface area contributed by atoms with Crippen LogP contribution in [0.2, 0.25) is 0 Å². The summed E-state index contributed by atoms with van der Waals surface area (Å²) in [5.41, 5.74) is 4.46. The van der Waals surface area contributed by atoms with E-state index in [1.54, 1.807) is 0 Å². The van der Waals surface area contributed by atoms with E-state index in [0.717, 1.165) is 7.11 Å². The lowest BCUT2D eigenvalue weighted by Crippen LogP contribution is -2.57. The van der Waals surface area contributed by atoms with Crippen LogP contribution in [0.5, 0.6) is 11.5 Å². The maximum atomic E-state index is 12.4. The van der Waals surface area contributed by atoms with Crippen LogP contribution in [-0.2, 0) is 19.0 Å². The van der Waals surface area contributed by atoms with Gasteiger partial charge in [-0.2, -0.15) is 0 Å². The van der Waals surface area contributed by atoms with Gasteiger partial charge < -0.3 is 24.4 Å². The minimum Gasteiger partial charge on any atom is -0.504 e. The molecule has 1 unspecified atom stereocenters. The largest absolute Gasteiger partial charge is 0.510 e. The van der Waals surface area contributed by atoms with Crippen molar-refractivity contribution in [3.8, 4) is 11.5 Å². The van der Waals surface area contributed by atoms with E-state index in [-0.39, 0.29) is 18.1 Å². The van der Waals surface area contributed by atoms with Gasteiger partial charge >= 0.3 is 12.1 Å². The Kier molecular flexibility index (Phi) is 8.36. The summed E-state index contributed by atoms with van der Waals surface area (Å²) in [7, 11) is 1.13. The van der Waals surface area contributed by atoms with Crippen LogP contribution in [0.15, 0.2) is 18.2 Å². The fraction of sp³-hybridized carbons (Fsp3) is 0.579. The molecule has 0 aliphatic heterocycles. The highest BCUT2D eigenvalue weighted by molar-refractivity contribution is 5.82. The first kappa shape index (κ1) is 22.6. The molecule has 0 aromatic heterocycles. The predicted octanol–water partition coefficient (Wildman–Crippen LogP) is 3.01. The molecule has 0 radical (unpaired) electrons. The third-order valence-electron chi connectivity index (χ3n) is 4.17. The molecule has 8 heteroatoms. The van der Waals surface area contributed by atoms with E-state index >= 15 is 0 Å². The Hall–Kier alpha value is -2.48. The Balaban J connectivity index is 3.16. The fourth-order valence-electron chi connectivity index (χ4n) is 2.63. The van der Waals surface area contributed by atoms with Crippen molar-refractivity contribution in [1.29, 1.82) is 0 Å². The molecule has 0 amide bonds. The second kappa shape index (κ2) is 10.0. The Morgan fingerprint density at radius 3 is 2.37 bits per heavy atom. The van der Waals surface area contributed by atoms with Crippen molar-refractivity contribution in [2.24, 2.45) is 11.7 Å². The molecule has 8 nitrogen and oxygen atoms in total. The number of nitrogens with two attached hydrogens (primary N) is 1. The lowest BCUT2D eigenvalue weighted by molar-refractivity contribution is -0.168. The molecule has 0 heterocycles. The standard InChI is InChI=1S/C19H29NO7/c1-5-6-14(13-7-8-15(21)16(22)11-13)19(20,17(23)25-4)27-18(24)26-10-9-12(2)3/h7-8,11-12,14,21-22H,5-6,9-10,20H2,1-4H3/t14?,19-/m0/s1. The topological polar surface area (TPSA) is 128 Å². The van der Waals surface area contributed by atoms with Gasteiger partial charge in [0.05, 0.1) is 13.7 Å². The summed E-state index contributed by atoms with van der Waals surface area (Å²) in [6, 6.07) is 4.03. The number of phenols is 2. The van der Waals surface area contributed by atoms with Crippen LogP contribution in [0.3, 0.4) is 0 Å². The number of benzene rings is 1. The van der Waals surface area contributed by atoms with E-state index in [1.165, 1.54) is 18.2 Å². The van der Waals surface area contributed by atoms with Gasteiger partial charge in [-0.15, -0.1) is 0 Å². The molecular weight excluding hydrogens is 354 g/mol. The highest BCUT2D eigenvalue weighted by atomic mass is 16.7. The molecule has 0 aliphatic rings. The van der Waals surface area contributed by atoms with E-state index in [2.05, 4.69) is 0 Å². The van der Waals surface area contributed by atoms with Gasteiger partial charge in [-0.3, -0.25) is 5.73 Å². The first-order valence-electron chi connectivity index (χ1n) is 8.90. The van der Waals surface area contributed by atoms with Gasteiger partial charge in [0.1, 0.15) is 0 Å². The second-order valence-electron chi connectivity index (χ2n) is 6.76. The minimum absolute atomic E-state index is 0.131. The Morgan fingerprint density at radius 1 is 1.19 bits per heavy atom. The summed E-state index contributed by atoms with van der Waals surface area (Å²) in [5, 5.41) is 19.3. The lowest BCUT2D eigenvalue weighted by atomic mass is 9.84. The lowest BCUT2D eigenvalue weighted by Gasteiger charge is -2.34. The molecule has 0 bridgehead atoms. The van der Waals surface area contributed by atoms with Crippen LogP contribution in [0, 0.1) is 5.92 Å². The van der Waals surface area contributed by atoms with Gasteiger partial charge in [-0.05, 0) is 36.5 Å². The molecule has 0 saturated heterocycles. The average molecular weight is 383 g/mol. The maximum absolute atomic E-state index is 12.4. The average Bonchev–Trinajstić information content (AvgIpc) is 2.60. The van der Waals surface area contributed by atoms with Crippen LogP contribution in [0.1, 0.15) is 51.5 Å². The number of phenolic OH excluding ortho intramolecular Hbond substituents is 2. The second-order valence-corrected chi connectivity index (χ2v) is 6.76. The normalized spacial score (nSPS) is 14.3. The molecule has 1 rings (SSSR count). The number of methoxy groups -OCH3 is 1. The van der Waals surface area contributed by atoms with Crippen LogP contribution < -0.4 is 5.73 Å². The molecule has 2 atom stereocenters. The number of hydrogen-bond donors (Lipinski definition) is 3. The summed E-state index contributed by atoms with van der Waals surface area (Å²) in [4.78, 5) is 24.5. The third kappa shape index (κ3) is 6.02. The summed E-state index contributed by atoms with van der Waals surface area (Å²) in [6.45, 7) is 5.95. The molecule has 27 heavy (non-hydrogen) atoms. The zero-order valence-electron chi connectivity index (χ0n) is 16.2. The van der Waals surface area contributed by atoms with Crippen molar-refractivity contribution in [2.75, 3.05) is 13.7 Å². The molecule has 1 aromatic carbocycles. The van der Waals surface area contributed by atoms with Crippen molar-refractivity contribution in [1.82, 2.24) is 0 Å². The molecule has 0 saturated carbocycles. The van der Waals surface area contributed by atoms with Crippen LogP contribution in [0.25, 0.3) is 0 Å². The number of esters is 1. The van der Waals surface area contributed by atoms with Crippen molar-refractivity contribution >= 4 is 12.1 Å². The van der Waals surface area contributed by atoms with E-state index < -0.39 is 23.8 Å². The van der Waals surface area contributed by atoms with Gasteiger partial charge in [-0.25, -0.2) is 9.59 Å². The highest BCUT2D eigenvalue weighted by Crippen LogP contribution is 2.37. The SMILES string of the molecule is CCCC(c1ccc(O)c(O)c1)[C@](N)(OC(=O)OCCC(C)C)C(=O)OC. The van der Waals surface area contributed by atoms with Gasteiger partial charge in [0.25, 0.3) is 5.72 Å². The molecule has 4 N–H and O–H groups in total. The Morgan fingerprint density at radius 2 is 1.85 bits per heavy atom. The van der Waals surface area contributed by atoms with E-state index in [4.69, 9.17) is 19.9 Å². The third-order valence-corrected chi connectivity index (χ3v) is 4.17. The first-order valence-corrected chi connectivity index (χ1v) is 8.90. The Labute approximate surface area is 159 Å². The van der Waals surface area contributed by atoms with Crippen LogP contribution in [0.4, 0.5) is 4.79 Å². The summed E-state index contributed by atoms with van der Waals surface area (Å²) in [5.74, 6) is -2.13. The molecular formula is C19H29NO7. The minimum atomic E-state index is -2.15. The predicted molar refractivity (Wildman–Crippen MR) is 98.2 cm³/mol. The summed E-state index contributed by atoms with van der Waals surface area (Å²) >= 11 is 0. The number of hydrogen-bond acceptors (Lipinski definition) is 8. The van der Waals surface area contributed by atoms with Gasteiger partial charge in [0.15, 0.2) is 11.5 Å². The summed E-state index contributed by atoms with van der Waals surface area (Å²) < 4.78 is 15.0. The zero-order chi connectivity index (χ0) is 20.6. The van der Waals surface area contributed by atoms with E-state index in [9.17, 15) is 19.8 Å². The molecule has 0 fully saturated rings. The molecule has 152 valence electrons. The van der Waals surface area contributed by atoms with E-state index in [1.807, 2.05) is 20.8 Å². The first-order chi connectivity index (χ1) is 12.7. The molecule has 1 aromatic rings. The Bertz CT molecular complexity index is 647. The number of aromatic hydroxyl groups is 2. The zero-order valence-corrected chi connectivity index (χ0v) is 16.2. The fourth-order valence-corrected chi connectivity index (χ4v) is 2.63. The van der Waals surface area contributed by atoms with Gasteiger partial charge in [0, 0.05) is 5.92 Å². The number of rotatable bonds is 9. The van der Waals surface area contributed by atoms with Gasteiger partial charge in [0.2, 0.25) is 0 Å². The molecule has 0 aliphatic carbocycles. The highest BCUT2D eigenvalue weighted by Gasteiger charge is 2.48. The number of ether oxygens (including phenoxy) is 3. The molecule has 0 spiro atoms. The number of carbonyl (C=O) groups excluding carboxylic acids is 2. The van der Waals surface area contributed by atoms with Crippen molar-refractivity contribution in [3.63, 3.8) is 0 Å². The van der Waals surface area contributed by atoms with Crippen LogP contribution >= 0.6 is 0 Å². The summed E-state index contributed by atoms with van der Waals surface area (Å²) in [6.07, 6.45) is 0.519. The van der Waals surface area contributed by atoms with Crippen LogP contribution in [-0.4, -0.2) is 41.8 Å². The van der Waals surface area contributed by atoms with Crippen molar-refractivity contribution in [2.45, 2.75) is 51.7 Å². The maximum Gasteiger partial charge on any atom is 0.510 e. The van der Waals surface area contributed by atoms with E-state index in [0.29, 0.717) is 30.7 Å². The van der Waals surface area contributed by atoms with Crippen molar-refractivity contribution < 1.29 is 34.0 Å². The monoisotopic (exact) mass is 383 g/mol. The number of carbonyl (C=O) groups is 2.